The lowest BCUT2D eigenvalue weighted by molar-refractivity contribution is 0.0986. The van der Waals surface area contributed by atoms with Crippen molar-refractivity contribution in [3.63, 3.8) is 0 Å². The van der Waals surface area contributed by atoms with Gasteiger partial charge in [0, 0.05) is 11.6 Å². The summed E-state index contributed by atoms with van der Waals surface area (Å²) in [5.74, 6) is -0.962. The maximum Gasteiger partial charge on any atom is 0.171 e. The normalized spacial score (nSPS) is 10.8. The standard InChI is InChI=1S/C14H13Cl2FN2O/c1-3-19-12(14(16)8(2)18-19)7-13(20)10-6-9(15)4-5-11(10)17/h4-6H,3,7H2,1-2H3. The Morgan fingerprint density at radius 3 is 2.75 bits per heavy atom. The number of halogens is 3. The number of aromatic nitrogens is 2. The Bertz CT molecular complexity index is 667. The number of rotatable bonds is 4. The average molecular weight is 315 g/mol. The second-order valence-corrected chi connectivity index (χ2v) is 5.20. The summed E-state index contributed by atoms with van der Waals surface area (Å²) in [4.78, 5) is 12.2. The highest BCUT2D eigenvalue weighted by Crippen LogP contribution is 2.23. The van der Waals surface area contributed by atoms with Gasteiger partial charge in [-0.2, -0.15) is 5.10 Å². The lowest BCUT2D eigenvalue weighted by atomic mass is 10.1. The summed E-state index contributed by atoms with van der Waals surface area (Å²) in [5.41, 5.74) is 1.22. The molecule has 3 nitrogen and oxygen atoms in total. The van der Waals surface area contributed by atoms with Crippen LogP contribution < -0.4 is 0 Å². The number of carbonyl (C=O) groups is 1. The molecular formula is C14H13Cl2FN2O. The van der Waals surface area contributed by atoms with Crippen LogP contribution in [0.2, 0.25) is 10.0 Å². The van der Waals surface area contributed by atoms with Crippen LogP contribution in [0.25, 0.3) is 0 Å². The van der Waals surface area contributed by atoms with Gasteiger partial charge in [-0.3, -0.25) is 9.48 Å². The van der Waals surface area contributed by atoms with Crippen LogP contribution >= 0.6 is 23.2 Å². The molecule has 0 saturated carbocycles. The molecule has 1 aromatic carbocycles. The molecule has 0 fully saturated rings. The Morgan fingerprint density at radius 2 is 2.10 bits per heavy atom. The van der Waals surface area contributed by atoms with Gasteiger partial charge in [0.05, 0.1) is 28.4 Å². The van der Waals surface area contributed by atoms with Crippen molar-refractivity contribution in [1.82, 2.24) is 9.78 Å². The van der Waals surface area contributed by atoms with Crippen LogP contribution in [0.1, 0.15) is 28.7 Å². The van der Waals surface area contributed by atoms with E-state index < -0.39 is 5.82 Å². The molecule has 0 atom stereocenters. The first kappa shape index (κ1) is 15.0. The van der Waals surface area contributed by atoms with Crippen LogP contribution in [0, 0.1) is 12.7 Å². The van der Waals surface area contributed by atoms with Crippen molar-refractivity contribution >= 4 is 29.0 Å². The van der Waals surface area contributed by atoms with Crippen molar-refractivity contribution in [1.29, 1.82) is 0 Å². The van der Waals surface area contributed by atoms with Gasteiger partial charge in [-0.1, -0.05) is 23.2 Å². The van der Waals surface area contributed by atoms with Crippen LogP contribution in [-0.2, 0) is 13.0 Å². The van der Waals surface area contributed by atoms with Crippen LogP contribution in [0.15, 0.2) is 18.2 Å². The number of ketones is 1. The molecule has 1 aromatic heterocycles. The first-order valence-electron chi connectivity index (χ1n) is 6.14. The first-order chi connectivity index (χ1) is 9.43. The summed E-state index contributed by atoms with van der Waals surface area (Å²) >= 11 is 11.9. The van der Waals surface area contributed by atoms with Gasteiger partial charge in [-0.05, 0) is 32.0 Å². The van der Waals surface area contributed by atoms with Gasteiger partial charge in [0.1, 0.15) is 5.82 Å². The van der Waals surface area contributed by atoms with Gasteiger partial charge >= 0.3 is 0 Å². The Kier molecular flexibility index (Phi) is 4.45. The molecule has 2 rings (SSSR count). The molecule has 1 heterocycles. The number of Topliss-reactive ketones (excluding diaryl/α,β-unsaturated/α-hetero) is 1. The zero-order valence-corrected chi connectivity index (χ0v) is 12.6. The zero-order chi connectivity index (χ0) is 14.9. The Hall–Kier alpha value is -1.39. The zero-order valence-electron chi connectivity index (χ0n) is 11.1. The average Bonchev–Trinajstić information content (AvgIpc) is 2.69. The fraction of sp³-hybridized carbons (Fsp3) is 0.286. The van der Waals surface area contributed by atoms with Crippen molar-refractivity contribution in [3.05, 3.63) is 51.0 Å². The molecule has 0 saturated heterocycles. The molecule has 0 amide bonds. The summed E-state index contributed by atoms with van der Waals surface area (Å²) < 4.78 is 15.3. The second-order valence-electron chi connectivity index (χ2n) is 4.39. The largest absolute Gasteiger partial charge is 0.294 e. The van der Waals surface area contributed by atoms with Crippen molar-refractivity contribution in [2.45, 2.75) is 26.8 Å². The SMILES string of the molecule is CCn1nc(C)c(Cl)c1CC(=O)c1cc(Cl)ccc1F. The van der Waals surface area contributed by atoms with Gasteiger partial charge in [-0.25, -0.2) is 4.39 Å². The van der Waals surface area contributed by atoms with E-state index in [9.17, 15) is 9.18 Å². The van der Waals surface area contributed by atoms with E-state index in [1.54, 1.807) is 11.6 Å². The fourth-order valence-corrected chi connectivity index (χ4v) is 2.37. The van der Waals surface area contributed by atoms with E-state index in [1.165, 1.54) is 18.2 Å². The van der Waals surface area contributed by atoms with Crippen LogP contribution in [0.4, 0.5) is 4.39 Å². The monoisotopic (exact) mass is 314 g/mol. The third kappa shape index (κ3) is 2.86. The van der Waals surface area contributed by atoms with Crippen molar-refractivity contribution in [2.75, 3.05) is 0 Å². The molecule has 2 aromatic rings. The van der Waals surface area contributed by atoms with E-state index in [0.717, 1.165) is 0 Å². The topological polar surface area (TPSA) is 34.9 Å². The Morgan fingerprint density at radius 1 is 1.40 bits per heavy atom. The predicted molar refractivity (Wildman–Crippen MR) is 77.1 cm³/mol. The molecule has 106 valence electrons. The van der Waals surface area contributed by atoms with Gasteiger partial charge in [0.25, 0.3) is 0 Å². The molecular weight excluding hydrogens is 302 g/mol. The molecule has 0 bridgehead atoms. The number of nitrogens with zero attached hydrogens (tertiary/aromatic N) is 2. The van der Waals surface area contributed by atoms with E-state index in [-0.39, 0.29) is 17.8 Å². The second kappa shape index (κ2) is 5.94. The predicted octanol–water partition coefficient (Wildman–Crippen LogP) is 4.08. The van der Waals surface area contributed by atoms with Gasteiger partial charge in [0.2, 0.25) is 0 Å². The molecule has 0 N–H and O–H groups in total. The Labute approximate surface area is 126 Å². The third-order valence-electron chi connectivity index (χ3n) is 3.01. The van der Waals surface area contributed by atoms with Crippen LogP contribution in [-0.4, -0.2) is 15.6 Å². The number of hydrogen-bond acceptors (Lipinski definition) is 2. The van der Waals surface area contributed by atoms with Gasteiger partial charge < -0.3 is 0 Å². The summed E-state index contributed by atoms with van der Waals surface area (Å²) in [6, 6.07) is 3.91. The minimum absolute atomic E-state index is 0.00915. The van der Waals surface area contributed by atoms with Crippen molar-refractivity contribution < 1.29 is 9.18 Å². The highest BCUT2D eigenvalue weighted by Gasteiger charge is 2.19. The maximum absolute atomic E-state index is 13.7. The van der Waals surface area contributed by atoms with E-state index in [2.05, 4.69) is 5.10 Å². The summed E-state index contributed by atoms with van der Waals surface area (Å²) in [6.45, 7) is 4.26. The molecule has 0 aliphatic rings. The summed E-state index contributed by atoms with van der Waals surface area (Å²) in [7, 11) is 0. The van der Waals surface area contributed by atoms with Gasteiger partial charge in [0.15, 0.2) is 5.78 Å². The van der Waals surface area contributed by atoms with E-state index in [4.69, 9.17) is 23.2 Å². The van der Waals surface area contributed by atoms with Crippen molar-refractivity contribution in [3.8, 4) is 0 Å². The summed E-state index contributed by atoms with van der Waals surface area (Å²) in [5, 5.41) is 5.00. The van der Waals surface area contributed by atoms with Crippen LogP contribution in [0.3, 0.4) is 0 Å². The van der Waals surface area contributed by atoms with E-state index >= 15 is 0 Å². The molecule has 0 radical (unpaired) electrons. The molecule has 6 heteroatoms. The minimum Gasteiger partial charge on any atom is -0.294 e. The number of hydrogen-bond donors (Lipinski definition) is 0. The lowest BCUT2D eigenvalue weighted by Crippen LogP contribution is -2.11. The third-order valence-corrected chi connectivity index (χ3v) is 3.74. The molecule has 0 aliphatic heterocycles. The quantitative estimate of drug-likeness (QED) is 0.797. The van der Waals surface area contributed by atoms with Gasteiger partial charge in [-0.15, -0.1) is 0 Å². The Balaban J connectivity index is 2.35. The number of aryl methyl sites for hydroxylation is 2. The molecule has 0 unspecified atom stereocenters. The number of carbonyl (C=O) groups excluding carboxylic acids is 1. The fourth-order valence-electron chi connectivity index (χ4n) is 2.00. The smallest absolute Gasteiger partial charge is 0.171 e. The lowest BCUT2D eigenvalue weighted by Gasteiger charge is -2.06. The highest BCUT2D eigenvalue weighted by atomic mass is 35.5. The molecule has 20 heavy (non-hydrogen) atoms. The van der Waals surface area contributed by atoms with Crippen molar-refractivity contribution in [2.24, 2.45) is 0 Å². The first-order valence-corrected chi connectivity index (χ1v) is 6.89. The minimum atomic E-state index is -0.588. The van der Waals surface area contributed by atoms with E-state index in [1.807, 2.05) is 6.92 Å². The van der Waals surface area contributed by atoms with Crippen LogP contribution in [0.5, 0.6) is 0 Å². The summed E-state index contributed by atoms with van der Waals surface area (Å²) in [6.07, 6.45) is -0.00915. The number of benzene rings is 1. The maximum atomic E-state index is 13.7. The highest BCUT2D eigenvalue weighted by molar-refractivity contribution is 6.32. The molecule has 0 aliphatic carbocycles. The molecule has 0 spiro atoms. The van der Waals surface area contributed by atoms with E-state index in [0.29, 0.717) is 28.0 Å².